The van der Waals surface area contributed by atoms with Crippen molar-refractivity contribution in [3.05, 3.63) is 47.0 Å². The first-order chi connectivity index (χ1) is 18.6. The predicted molar refractivity (Wildman–Crippen MR) is 148 cm³/mol. The largest absolute Gasteiger partial charge is 0.481 e. The van der Waals surface area contributed by atoms with Crippen LogP contribution in [0.15, 0.2) is 41.5 Å². The molecular weight excluding hydrogens is 500 g/mol. The molecule has 2 saturated carbocycles. The molecule has 8 nitrogen and oxygen atoms in total. The Kier molecular flexibility index (Phi) is 12.7. The van der Waals surface area contributed by atoms with Crippen LogP contribution in [-0.4, -0.2) is 44.3 Å². The molecule has 2 aliphatic rings. The van der Waals surface area contributed by atoms with E-state index < -0.39 is 35.2 Å². The molecule has 0 spiro atoms. The van der Waals surface area contributed by atoms with Crippen LogP contribution in [0.2, 0.25) is 0 Å². The summed E-state index contributed by atoms with van der Waals surface area (Å²) in [6.45, 7) is 3.79. The van der Waals surface area contributed by atoms with Crippen molar-refractivity contribution in [3.63, 3.8) is 0 Å². The second-order valence-corrected chi connectivity index (χ2v) is 10.8. The number of hydrogen-bond acceptors (Lipinski definition) is 4. The van der Waals surface area contributed by atoms with Crippen molar-refractivity contribution in [2.75, 3.05) is 0 Å². The number of aliphatic carboxylic acids is 4. The molecular formula is C31H44O8. The normalized spacial score (nSPS) is 17.8. The molecule has 216 valence electrons. The highest BCUT2D eigenvalue weighted by Gasteiger charge is 2.47. The van der Waals surface area contributed by atoms with Crippen LogP contribution < -0.4 is 0 Å². The van der Waals surface area contributed by atoms with Crippen LogP contribution in [-0.2, 0) is 24.6 Å². The highest BCUT2D eigenvalue weighted by Crippen LogP contribution is 2.42. The highest BCUT2D eigenvalue weighted by atomic mass is 16.4. The summed E-state index contributed by atoms with van der Waals surface area (Å²) in [5, 5.41) is 37.3. The fourth-order valence-corrected chi connectivity index (χ4v) is 6.74. The van der Waals surface area contributed by atoms with Gasteiger partial charge in [0.25, 0.3) is 0 Å². The number of carboxylic acids is 4. The number of allylic oxidation sites excluding steroid dienone is 1. The van der Waals surface area contributed by atoms with Gasteiger partial charge in [0.05, 0.1) is 0 Å². The zero-order valence-electron chi connectivity index (χ0n) is 23.2. The Labute approximate surface area is 231 Å². The third kappa shape index (κ3) is 8.16. The summed E-state index contributed by atoms with van der Waals surface area (Å²) in [6, 6.07) is 9.11. The summed E-state index contributed by atoms with van der Waals surface area (Å²) in [5.41, 5.74) is 0.357. The summed E-state index contributed by atoms with van der Waals surface area (Å²) in [6.07, 6.45) is 12.3. The number of rotatable bonds is 11. The molecule has 1 aromatic carbocycles. The number of carboxylic acid groups (broad SMARTS) is 4. The standard InChI is InChI=1S/C16H24O4.C15H20O4/c17-15(18)14(16(19)20)13(11-7-3-1-4-8-11)12-9-5-2-6-10-12;1-3-10-15(4-2,11-8-6-5-7-9-11)12(13(16)17)14(18)19/h11-12H,1-10H2,(H,17,18)(H,19,20);5-9,12H,3-4,10H2,1-2H3,(H,16,17)(H,18,19). The molecule has 0 aliphatic heterocycles. The van der Waals surface area contributed by atoms with Gasteiger partial charge in [0.1, 0.15) is 5.57 Å². The molecule has 0 amide bonds. The van der Waals surface area contributed by atoms with Gasteiger partial charge in [0.2, 0.25) is 0 Å². The second-order valence-electron chi connectivity index (χ2n) is 10.8. The fourth-order valence-electron chi connectivity index (χ4n) is 6.74. The van der Waals surface area contributed by atoms with Crippen LogP contribution in [0.1, 0.15) is 103 Å². The molecule has 8 heteroatoms. The molecule has 1 unspecified atom stereocenters. The van der Waals surface area contributed by atoms with Crippen LogP contribution >= 0.6 is 0 Å². The van der Waals surface area contributed by atoms with Gasteiger partial charge in [-0.15, -0.1) is 0 Å². The summed E-state index contributed by atoms with van der Waals surface area (Å²) in [4.78, 5) is 45.7. The van der Waals surface area contributed by atoms with Gasteiger partial charge in [-0.25, -0.2) is 9.59 Å². The lowest BCUT2D eigenvalue weighted by Gasteiger charge is -2.36. The minimum Gasteiger partial charge on any atom is -0.481 e. The van der Waals surface area contributed by atoms with E-state index >= 15 is 0 Å². The number of carbonyl (C=O) groups is 4. The number of benzene rings is 1. The van der Waals surface area contributed by atoms with Crippen LogP contribution in [0.25, 0.3) is 0 Å². The molecule has 2 fully saturated rings. The third-order valence-corrected chi connectivity index (χ3v) is 8.53. The first-order valence-electron chi connectivity index (χ1n) is 14.3. The minimum absolute atomic E-state index is 0.175. The monoisotopic (exact) mass is 544 g/mol. The summed E-state index contributed by atoms with van der Waals surface area (Å²) in [7, 11) is 0. The first kappa shape index (κ1) is 32.1. The first-order valence-corrected chi connectivity index (χ1v) is 14.3. The quantitative estimate of drug-likeness (QED) is 0.139. The molecule has 3 rings (SSSR count). The zero-order chi connectivity index (χ0) is 29.0. The van der Waals surface area contributed by atoms with E-state index in [-0.39, 0.29) is 17.4 Å². The van der Waals surface area contributed by atoms with Crippen LogP contribution in [0.5, 0.6) is 0 Å². The van der Waals surface area contributed by atoms with Gasteiger partial charge in [-0.1, -0.05) is 89.1 Å². The van der Waals surface area contributed by atoms with Crippen molar-refractivity contribution in [2.24, 2.45) is 17.8 Å². The van der Waals surface area contributed by atoms with Crippen molar-refractivity contribution in [1.82, 2.24) is 0 Å². The van der Waals surface area contributed by atoms with Crippen molar-refractivity contribution in [3.8, 4) is 0 Å². The SMILES string of the molecule is CCCC(CC)(c1ccccc1)C(C(=O)O)C(=O)O.O=C(O)C(C(=O)O)=C(C1CCCCC1)C1CCCCC1. The molecule has 2 aliphatic carbocycles. The smallest absolute Gasteiger partial charge is 0.343 e. The molecule has 1 atom stereocenters. The molecule has 0 aromatic heterocycles. The third-order valence-electron chi connectivity index (χ3n) is 8.53. The van der Waals surface area contributed by atoms with Gasteiger partial charge < -0.3 is 20.4 Å². The highest BCUT2D eigenvalue weighted by molar-refractivity contribution is 6.13. The molecule has 1 aromatic rings. The van der Waals surface area contributed by atoms with Gasteiger partial charge in [0, 0.05) is 5.41 Å². The van der Waals surface area contributed by atoms with Crippen LogP contribution in [0.3, 0.4) is 0 Å². The van der Waals surface area contributed by atoms with Crippen molar-refractivity contribution in [1.29, 1.82) is 0 Å². The van der Waals surface area contributed by atoms with E-state index in [0.717, 1.165) is 68.9 Å². The minimum atomic E-state index is -1.42. The Morgan fingerprint density at radius 3 is 1.51 bits per heavy atom. The maximum Gasteiger partial charge on any atom is 0.343 e. The Morgan fingerprint density at radius 2 is 1.18 bits per heavy atom. The fraction of sp³-hybridized carbons (Fsp3) is 0.613. The lowest BCUT2D eigenvalue weighted by Crippen LogP contribution is -2.44. The van der Waals surface area contributed by atoms with E-state index in [1.54, 1.807) is 0 Å². The lowest BCUT2D eigenvalue weighted by molar-refractivity contribution is -0.159. The van der Waals surface area contributed by atoms with E-state index in [0.29, 0.717) is 12.8 Å². The Morgan fingerprint density at radius 1 is 0.744 bits per heavy atom. The summed E-state index contributed by atoms with van der Waals surface area (Å²) in [5.74, 6) is -6.13. The van der Waals surface area contributed by atoms with Gasteiger partial charge >= 0.3 is 23.9 Å². The van der Waals surface area contributed by atoms with E-state index in [1.807, 2.05) is 44.2 Å². The zero-order valence-corrected chi connectivity index (χ0v) is 23.2. The van der Waals surface area contributed by atoms with E-state index in [4.69, 9.17) is 0 Å². The van der Waals surface area contributed by atoms with Crippen molar-refractivity contribution >= 4 is 23.9 Å². The molecule has 0 bridgehead atoms. The molecule has 39 heavy (non-hydrogen) atoms. The maximum atomic E-state index is 11.4. The Bertz CT molecular complexity index is 953. The molecule has 0 radical (unpaired) electrons. The predicted octanol–water partition coefficient (Wildman–Crippen LogP) is 6.53. The van der Waals surface area contributed by atoms with E-state index in [2.05, 4.69) is 0 Å². The summed E-state index contributed by atoms with van der Waals surface area (Å²) < 4.78 is 0. The van der Waals surface area contributed by atoms with Gasteiger partial charge in [-0.05, 0) is 61.5 Å². The van der Waals surface area contributed by atoms with E-state index in [9.17, 15) is 39.6 Å². The van der Waals surface area contributed by atoms with Crippen molar-refractivity contribution < 1.29 is 39.6 Å². The number of hydrogen-bond donors (Lipinski definition) is 4. The van der Waals surface area contributed by atoms with Crippen molar-refractivity contribution in [2.45, 2.75) is 103 Å². The van der Waals surface area contributed by atoms with Crippen LogP contribution in [0.4, 0.5) is 0 Å². The maximum absolute atomic E-state index is 11.4. The molecule has 4 N–H and O–H groups in total. The summed E-state index contributed by atoms with van der Waals surface area (Å²) >= 11 is 0. The Hall–Kier alpha value is -3.16. The van der Waals surface area contributed by atoms with Gasteiger partial charge in [0.15, 0.2) is 5.92 Å². The lowest BCUT2D eigenvalue weighted by atomic mass is 9.65. The van der Waals surface area contributed by atoms with Crippen LogP contribution in [0, 0.1) is 17.8 Å². The van der Waals surface area contributed by atoms with Gasteiger partial charge in [-0.2, -0.15) is 0 Å². The Balaban J connectivity index is 0.000000274. The second kappa shape index (κ2) is 15.4. The topological polar surface area (TPSA) is 149 Å². The average molecular weight is 545 g/mol. The van der Waals surface area contributed by atoms with Gasteiger partial charge in [-0.3, -0.25) is 9.59 Å². The molecule has 0 heterocycles. The molecule has 0 saturated heterocycles. The average Bonchev–Trinajstić information content (AvgIpc) is 2.92. The van der Waals surface area contributed by atoms with E-state index in [1.165, 1.54) is 12.8 Å².